The number of halogens is 1. The number of hydrogen-bond donors (Lipinski definition) is 3. The van der Waals surface area contributed by atoms with Crippen LogP contribution in [0.4, 0.5) is 4.39 Å². The van der Waals surface area contributed by atoms with Crippen LogP contribution in [0.3, 0.4) is 0 Å². The zero-order valence-electron chi connectivity index (χ0n) is 15.4. The molecule has 1 heterocycles. The standard InChI is InChI=1S/C21H19FN2O5/c22-16-7-5-15(6-8-16)14-3-1-13(2-4-14)12-24-10-9-17(25)19(21(24)29)20(28)23-11-18(26)27/h1-8,25H,9-12H2,(H,23,28)(H,26,27). The number of aliphatic carboxylic acids is 1. The topological polar surface area (TPSA) is 107 Å². The van der Waals surface area contributed by atoms with E-state index in [1.165, 1.54) is 17.0 Å². The lowest BCUT2D eigenvalue weighted by atomic mass is 10.0. The van der Waals surface area contributed by atoms with Gasteiger partial charge in [0.2, 0.25) is 0 Å². The minimum absolute atomic E-state index is 0.106. The van der Waals surface area contributed by atoms with Gasteiger partial charge in [-0.2, -0.15) is 0 Å². The van der Waals surface area contributed by atoms with E-state index in [0.717, 1.165) is 16.7 Å². The monoisotopic (exact) mass is 398 g/mol. The van der Waals surface area contributed by atoms with E-state index in [0.29, 0.717) is 0 Å². The van der Waals surface area contributed by atoms with Crippen molar-refractivity contribution in [3.05, 3.63) is 71.2 Å². The summed E-state index contributed by atoms with van der Waals surface area (Å²) in [4.78, 5) is 36.7. The molecule has 0 unspecified atom stereocenters. The first-order valence-corrected chi connectivity index (χ1v) is 8.91. The van der Waals surface area contributed by atoms with Gasteiger partial charge in [-0.15, -0.1) is 0 Å². The molecule has 0 bridgehead atoms. The van der Waals surface area contributed by atoms with Crippen LogP contribution < -0.4 is 5.32 Å². The second kappa shape index (κ2) is 8.55. The summed E-state index contributed by atoms with van der Waals surface area (Å²) in [6.07, 6.45) is 0.106. The summed E-state index contributed by atoms with van der Waals surface area (Å²) in [5.41, 5.74) is 2.14. The lowest BCUT2D eigenvalue weighted by molar-refractivity contribution is -0.138. The molecule has 2 amide bonds. The summed E-state index contributed by atoms with van der Waals surface area (Å²) in [6.45, 7) is -0.181. The van der Waals surface area contributed by atoms with Gasteiger partial charge in [0.15, 0.2) is 0 Å². The fourth-order valence-corrected chi connectivity index (χ4v) is 3.04. The van der Waals surface area contributed by atoms with Crippen molar-refractivity contribution in [2.75, 3.05) is 13.1 Å². The Hall–Kier alpha value is -3.68. The highest BCUT2D eigenvalue weighted by Crippen LogP contribution is 2.23. The van der Waals surface area contributed by atoms with E-state index in [4.69, 9.17) is 5.11 Å². The van der Waals surface area contributed by atoms with Crippen molar-refractivity contribution in [1.82, 2.24) is 10.2 Å². The number of carbonyl (C=O) groups is 3. The molecule has 3 N–H and O–H groups in total. The molecule has 0 spiro atoms. The van der Waals surface area contributed by atoms with Gasteiger partial charge < -0.3 is 20.4 Å². The molecule has 1 aliphatic heterocycles. The Balaban J connectivity index is 1.70. The maximum absolute atomic E-state index is 13.1. The van der Waals surface area contributed by atoms with Crippen LogP contribution in [0, 0.1) is 5.82 Å². The third-order valence-electron chi connectivity index (χ3n) is 4.54. The fraction of sp³-hybridized carbons (Fsp3) is 0.190. The number of carboxylic acids is 1. The van der Waals surface area contributed by atoms with Crippen molar-refractivity contribution >= 4 is 17.8 Å². The average Bonchev–Trinajstić information content (AvgIpc) is 2.70. The van der Waals surface area contributed by atoms with E-state index in [9.17, 15) is 23.9 Å². The van der Waals surface area contributed by atoms with Crippen LogP contribution in [-0.4, -0.2) is 46.0 Å². The lowest BCUT2D eigenvalue weighted by Gasteiger charge is -2.28. The maximum Gasteiger partial charge on any atom is 0.322 e. The van der Waals surface area contributed by atoms with Crippen LogP contribution >= 0.6 is 0 Å². The molecule has 29 heavy (non-hydrogen) atoms. The molecule has 0 radical (unpaired) electrons. The number of rotatable bonds is 6. The second-order valence-corrected chi connectivity index (χ2v) is 6.58. The summed E-state index contributed by atoms with van der Waals surface area (Å²) in [5.74, 6) is -3.47. The van der Waals surface area contributed by atoms with Gasteiger partial charge >= 0.3 is 5.97 Å². The van der Waals surface area contributed by atoms with Crippen molar-refractivity contribution in [2.45, 2.75) is 13.0 Å². The zero-order valence-corrected chi connectivity index (χ0v) is 15.4. The summed E-state index contributed by atoms with van der Waals surface area (Å²) >= 11 is 0. The van der Waals surface area contributed by atoms with Crippen LogP contribution in [0.5, 0.6) is 0 Å². The van der Waals surface area contributed by atoms with Crippen molar-refractivity contribution in [2.24, 2.45) is 0 Å². The molecule has 2 aromatic carbocycles. The summed E-state index contributed by atoms with van der Waals surface area (Å²) in [5, 5.41) is 20.7. The van der Waals surface area contributed by atoms with E-state index in [1.807, 2.05) is 24.3 Å². The van der Waals surface area contributed by atoms with Gasteiger partial charge in [-0.1, -0.05) is 36.4 Å². The molecule has 1 aliphatic rings. The number of nitrogens with one attached hydrogen (secondary N) is 1. The van der Waals surface area contributed by atoms with Crippen LogP contribution in [0.15, 0.2) is 59.9 Å². The van der Waals surface area contributed by atoms with Gasteiger partial charge in [-0.05, 0) is 28.8 Å². The Morgan fingerprint density at radius 1 is 1.03 bits per heavy atom. The van der Waals surface area contributed by atoms with Crippen molar-refractivity contribution in [3.8, 4) is 11.1 Å². The number of carboxylic acid groups (broad SMARTS) is 1. The lowest BCUT2D eigenvalue weighted by Crippen LogP contribution is -2.43. The molecule has 0 fully saturated rings. The molecule has 3 rings (SSSR count). The van der Waals surface area contributed by atoms with E-state index in [1.54, 1.807) is 12.1 Å². The Labute approximate surface area is 166 Å². The van der Waals surface area contributed by atoms with Gasteiger partial charge in [0.1, 0.15) is 23.7 Å². The third-order valence-corrected chi connectivity index (χ3v) is 4.54. The predicted molar refractivity (Wildman–Crippen MR) is 102 cm³/mol. The minimum atomic E-state index is -1.25. The molecule has 0 saturated carbocycles. The molecule has 7 nitrogen and oxygen atoms in total. The third kappa shape index (κ3) is 4.78. The molecular formula is C21H19FN2O5. The van der Waals surface area contributed by atoms with Gasteiger partial charge in [-0.25, -0.2) is 4.39 Å². The number of aliphatic hydroxyl groups excluding tert-OH is 1. The normalized spacial score (nSPS) is 14.1. The number of benzene rings is 2. The Bertz CT molecular complexity index is 968. The molecule has 0 atom stereocenters. The SMILES string of the molecule is O=C(O)CNC(=O)C1=C(O)CCN(Cc2ccc(-c3ccc(F)cc3)cc2)C1=O. The van der Waals surface area contributed by atoms with E-state index < -0.39 is 29.9 Å². The highest BCUT2D eigenvalue weighted by molar-refractivity contribution is 6.19. The summed E-state index contributed by atoms with van der Waals surface area (Å²) < 4.78 is 13.1. The molecule has 0 saturated heterocycles. The van der Waals surface area contributed by atoms with Gasteiger partial charge in [-0.3, -0.25) is 14.4 Å². The fourth-order valence-electron chi connectivity index (χ4n) is 3.04. The van der Waals surface area contributed by atoms with Crippen LogP contribution in [0.25, 0.3) is 11.1 Å². The largest absolute Gasteiger partial charge is 0.511 e. The molecule has 0 aliphatic carbocycles. The first-order chi connectivity index (χ1) is 13.8. The molecule has 0 aromatic heterocycles. The predicted octanol–water partition coefficient (Wildman–Crippen LogP) is 2.24. The van der Waals surface area contributed by atoms with E-state index in [-0.39, 0.29) is 31.1 Å². The molecule has 2 aromatic rings. The highest BCUT2D eigenvalue weighted by Gasteiger charge is 2.32. The molecule has 8 heteroatoms. The van der Waals surface area contributed by atoms with Gasteiger partial charge in [0.25, 0.3) is 11.8 Å². The molecule has 150 valence electrons. The Kier molecular flexibility index (Phi) is 5.92. The quantitative estimate of drug-likeness (QED) is 0.647. The Morgan fingerprint density at radius 3 is 2.21 bits per heavy atom. The van der Waals surface area contributed by atoms with E-state index in [2.05, 4.69) is 5.32 Å². The minimum Gasteiger partial charge on any atom is -0.511 e. The van der Waals surface area contributed by atoms with Crippen molar-refractivity contribution in [1.29, 1.82) is 0 Å². The van der Waals surface area contributed by atoms with Crippen LogP contribution in [-0.2, 0) is 20.9 Å². The number of carbonyl (C=O) groups excluding carboxylic acids is 2. The van der Waals surface area contributed by atoms with Crippen LogP contribution in [0.1, 0.15) is 12.0 Å². The first-order valence-electron chi connectivity index (χ1n) is 8.91. The number of aliphatic hydroxyl groups is 1. The number of amides is 2. The van der Waals surface area contributed by atoms with Gasteiger partial charge in [0.05, 0.1) is 0 Å². The molecular weight excluding hydrogens is 379 g/mol. The highest BCUT2D eigenvalue weighted by atomic mass is 19.1. The average molecular weight is 398 g/mol. The van der Waals surface area contributed by atoms with E-state index >= 15 is 0 Å². The number of nitrogens with zero attached hydrogens (tertiary/aromatic N) is 1. The summed E-state index contributed by atoms with van der Waals surface area (Å²) in [6, 6.07) is 13.5. The second-order valence-electron chi connectivity index (χ2n) is 6.58. The van der Waals surface area contributed by atoms with Crippen molar-refractivity contribution < 1.29 is 29.0 Å². The van der Waals surface area contributed by atoms with Crippen LogP contribution in [0.2, 0.25) is 0 Å². The Morgan fingerprint density at radius 2 is 1.62 bits per heavy atom. The number of hydrogen-bond acceptors (Lipinski definition) is 4. The maximum atomic E-state index is 13.1. The summed E-state index contributed by atoms with van der Waals surface area (Å²) in [7, 11) is 0. The first kappa shape index (κ1) is 20.1. The smallest absolute Gasteiger partial charge is 0.322 e. The van der Waals surface area contributed by atoms with Crippen molar-refractivity contribution in [3.63, 3.8) is 0 Å². The zero-order chi connectivity index (χ0) is 21.0. The van der Waals surface area contributed by atoms with Gasteiger partial charge in [0, 0.05) is 19.5 Å².